The number of hydrogen-bond donors (Lipinski definition) is 2. The second kappa shape index (κ2) is 6.21. The average Bonchev–Trinajstić information content (AvgIpc) is 2.78. The Bertz CT molecular complexity index is 292. The van der Waals surface area contributed by atoms with E-state index < -0.39 is 0 Å². The first-order valence-electron chi connectivity index (χ1n) is 5.97. The molecule has 1 saturated heterocycles. The summed E-state index contributed by atoms with van der Waals surface area (Å²) in [5.74, 6) is -0.103. The molecule has 2 fully saturated rings. The average molecular weight is 262 g/mol. The van der Waals surface area contributed by atoms with Gasteiger partial charge in [0, 0.05) is 38.0 Å². The van der Waals surface area contributed by atoms with Crippen molar-refractivity contribution in [2.45, 2.75) is 19.3 Å². The predicted octanol–water partition coefficient (Wildman–Crippen LogP) is -0.258. The topological polar surface area (TPSA) is 75.4 Å². The molecule has 3 N–H and O–H groups in total. The van der Waals surface area contributed by atoms with Crippen LogP contribution in [0, 0.1) is 11.8 Å². The summed E-state index contributed by atoms with van der Waals surface area (Å²) in [4.78, 5) is 25.1. The van der Waals surface area contributed by atoms with Crippen molar-refractivity contribution < 1.29 is 9.59 Å². The van der Waals surface area contributed by atoms with Crippen LogP contribution in [0.5, 0.6) is 0 Å². The Kier molecular flexibility index (Phi) is 5.21. The van der Waals surface area contributed by atoms with Gasteiger partial charge in [-0.15, -0.1) is 12.4 Å². The van der Waals surface area contributed by atoms with Crippen molar-refractivity contribution in [2.24, 2.45) is 17.6 Å². The van der Waals surface area contributed by atoms with Gasteiger partial charge in [-0.05, 0) is 19.3 Å². The van der Waals surface area contributed by atoms with Crippen LogP contribution in [-0.4, -0.2) is 42.9 Å². The molecule has 2 rings (SSSR count). The van der Waals surface area contributed by atoms with Crippen LogP contribution >= 0.6 is 12.4 Å². The summed E-state index contributed by atoms with van der Waals surface area (Å²) in [6.45, 7) is 3.32. The molecule has 2 amide bonds. The second-order valence-electron chi connectivity index (χ2n) is 4.68. The summed E-state index contributed by atoms with van der Waals surface area (Å²) in [6.07, 6.45) is 2.24. The number of nitrogens with two attached hydrogens (primary N) is 1. The van der Waals surface area contributed by atoms with Crippen LogP contribution in [0.25, 0.3) is 0 Å². The third-order valence-electron chi connectivity index (χ3n) is 3.61. The number of nitrogens with one attached hydrogen (secondary N) is 1. The molecule has 6 heteroatoms. The molecule has 0 aromatic rings. The summed E-state index contributed by atoms with van der Waals surface area (Å²) in [7, 11) is 0. The molecule has 1 aliphatic heterocycles. The lowest BCUT2D eigenvalue weighted by atomic mass is 10.0. The number of hydrogen-bond acceptors (Lipinski definition) is 3. The van der Waals surface area contributed by atoms with Gasteiger partial charge in [-0.3, -0.25) is 9.59 Å². The van der Waals surface area contributed by atoms with E-state index in [0.29, 0.717) is 6.42 Å². The zero-order valence-electron chi connectivity index (χ0n) is 9.85. The number of amides is 2. The van der Waals surface area contributed by atoms with E-state index in [4.69, 9.17) is 5.73 Å². The molecular formula is C11H20ClN3O2. The number of primary amides is 1. The third kappa shape index (κ3) is 3.33. The molecule has 0 bridgehead atoms. The Labute approximate surface area is 108 Å². The van der Waals surface area contributed by atoms with E-state index in [2.05, 4.69) is 5.32 Å². The zero-order chi connectivity index (χ0) is 11.5. The van der Waals surface area contributed by atoms with Crippen molar-refractivity contribution in [1.82, 2.24) is 10.2 Å². The Balaban J connectivity index is 0.00000144. The molecule has 1 heterocycles. The summed E-state index contributed by atoms with van der Waals surface area (Å²) in [5.41, 5.74) is 5.26. The Morgan fingerprint density at radius 2 is 1.71 bits per heavy atom. The molecular weight excluding hydrogens is 242 g/mol. The Hall–Kier alpha value is -0.810. The minimum atomic E-state index is -0.254. The first-order chi connectivity index (χ1) is 7.68. The van der Waals surface area contributed by atoms with Gasteiger partial charge in [0.25, 0.3) is 0 Å². The van der Waals surface area contributed by atoms with E-state index in [1.807, 2.05) is 4.90 Å². The van der Waals surface area contributed by atoms with Crippen molar-refractivity contribution in [3.05, 3.63) is 0 Å². The van der Waals surface area contributed by atoms with Crippen LogP contribution in [0.4, 0.5) is 0 Å². The van der Waals surface area contributed by atoms with Gasteiger partial charge in [0.1, 0.15) is 0 Å². The molecule has 0 radical (unpaired) electrons. The van der Waals surface area contributed by atoms with Crippen molar-refractivity contribution in [2.75, 3.05) is 26.2 Å². The fourth-order valence-corrected chi connectivity index (χ4v) is 2.61. The van der Waals surface area contributed by atoms with E-state index in [1.165, 1.54) is 0 Å². The van der Waals surface area contributed by atoms with Crippen LogP contribution in [-0.2, 0) is 9.59 Å². The lowest BCUT2D eigenvalue weighted by Gasteiger charge is -2.29. The molecule has 0 aromatic carbocycles. The van der Waals surface area contributed by atoms with Gasteiger partial charge in [0.15, 0.2) is 0 Å². The van der Waals surface area contributed by atoms with Gasteiger partial charge in [-0.2, -0.15) is 0 Å². The normalized spacial score (nSPS) is 28.6. The molecule has 1 aliphatic carbocycles. The standard InChI is InChI=1S/C11H19N3O2.ClH/c12-10(15)8-1-2-9(7-8)11(16)14-5-3-13-4-6-14;/h8-9,13H,1-7H2,(H2,12,15);1H. The first kappa shape index (κ1) is 14.3. The zero-order valence-corrected chi connectivity index (χ0v) is 10.7. The van der Waals surface area contributed by atoms with E-state index in [1.54, 1.807) is 0 Å². The maximum atomic E-state index is 12.1. The van der Waals surface area contributed by atoms with Crippen LogP contribution in [0.3, 0.4) is 0 Å². The van der Waals surface area contributed by atoms with Crippen LogP contribution in [0.15, 0.2) is 0 Å². The van der Waals surface area contributed by atoms with Crippen molar-refractivity contribution in [3.8, 4) is 0 Å². The number of carbonyl (C=O) groups excluding carboxylic acids is 2. The second-order valence-corrected chi connectivity index (χ2v) is 4.68. The van der Waals surface area contributed by atoms with E-state index in [-0.39, 0.29) is 36.1 Å². The Morgan fingerprint density at radius 3 is 2.24 bits per heavy atom. The molecule has 2 unspecified atom stereocenters. The molecule has 0 spiro atoms. The fourth-order valence-electron chi connectivity index (χ4n) is 2.61. The van der Waals surface area contributed by atoms with E-state index in [0.717, 1.165) is 39.0 Å². The maximum absolute atomic E-state index is 12.1. The van der Waals surface area contributed by atoms with Crippen LogP contribution in [0.1, 0.15) is 19.3 Å². The summed E-state index contributed by atoms with van der Waals surface area (Å²) in [5, 5.41) is 3.22. The molecule has 1 saturated carbocycles. The molecule has 98 valence electrons. The number of carbonyl (C=O) groups is 2. The molecule has 0 aromatic heterocycles. The van der Waals surface area contributed by atoms with Crippen molar-refractivity contribution in [1.29, 1.82) is 0 Å². The lowest BCUT2D eigenvalue weighted by Crippen LogP contribution is -2.48. The van der Waals surface area contributed by atoms with Gasteiger partial charge >= 0.3 is 0 Å². The van der Waals surface area contributed by atoms with E-state index >= 15 is 0 Å². The Morgan fingerprint density at radius 1 is 1.12 bits per heavy atom. The predicted molar refractivity (Wildman–Crippen MR) is 66.7 cm³/mol. The van der Waals surface area contributed by atoms with Gasteiger partial charge in [0.05, 0.1) is 0 Å². The first-order valence-corrected chi connectivity index (χ1v) is 5.97. The smallest absolute Gasteiger partial charge is 0.225 e. The molecule has 5 nitrogen and oxygen atoms in total. The molecule has 2 aliphatic rings. The highest BCUT2D eigenvalue weighted by Crippen LogP contribution is 2.31. The van der Waals surface area contributed by atoms with Crippen LogP contribution < -0.4 is 11.1 Å². The minimum Gasteiger partial charge on any atom is -0.369 e. The fraction of sp³-hybridized carbons (Fsp3) is 0.818. The highest BCUT2D eigenvalue weighted by atomic mass is 35.5. The molecule has 2 atom stereocenters. The van der Waals surface area contributed by atoms with Crippen molar-refractivity contribution >= 4 is 24.2 Å². The number of rotatable bonds is 2. The highest BCUT2D eigenvalue weighted by molar-refractivity contribution is 5.85. The largest absolute Gasteiger partial charge is 0.369 e. The van der Waals surface area contributed by atoms with Crippen LogP contribution in [0.2, 0.25) is 0 Å². The number of piperazine rings is 1. The van der Waals surface area contributed by atoms with Gasteiger partial charge in [-0.1, -0.05) is 0 Å². The van der Waals surface area contributed by atoms with Gasteiger partial charge in [0.2, 0.25) is 11.8 Å². The summed E-state index contributed by atoms with van der Waals surface area (Å²) >= 11 is 0. The summed E-state index contributed by atoms with van der Waals surface area (Å²) in [6, 6.07) is 0. The number of nitrogens with zero attached hydrogens (tertiary/aromatic N) is 1. The third-order valence-corrected chi connectivity index (χ3v) is 3.61. The lowest BCUT2D eigenvalue weighted by molar-refractivity contribution is -0.136. The number of halogens is 1. The maximum Gasteiger partial charge on any atom is 0.225 e. The van der Waals surface area contributed by atoms with Gasteiger partial charge in [-0.25, -0.2) is 0 Å². The molecule has 17 heavy (non-hydrogen) atoms. The SMILES string of the molecule is Cl.NC(=O)C1CCC(C(=O)N2CCNCC2)C1. The monoisotopic (exact) mass is 261 g/mol. The minimum absolute atomic E-state index is 0. The van der Waals surface area contributed by atoms with Gasteiger partial charge < -0.3 is 16.0 Å². The summed E-state index contributed by atoms with van der Waals surface area (Å²) < 4.78 is 0. The highest BCUT2D eigenvalue weighted by Gasteiger charge is 2.35. The van der Waals surface area contributed by atoms with Crippen molar-refractivity contribution in [3.63, 3.8) is 0 Å². The van der Waals surface area contributed by atoms with E-state index in [9.17, 15) is 9.59 Å². The quantitative estimate of drug-likeness (QED) is 0.719.